The fourth-order valence-corrected chi connectivity index (χ4v) is 4.52. The van der Waals surface area contributed by atoms with E-state index in [1.54, 1.807) is 16.8 Å². The van der Waals surface area contributed by atoms with Crippen LogP contribution in [0.3, 0.4) is 0 Å². The molecule has 0 atom stereocenters. The Morgan fingerprint density at radius 3 is 2.77 bits per heavy atom. The summed E-state index contributed by atoms with van der Waals surface area (Å²) in [5.41, 5.74) is 1.54. The Balaban J connectivity index is 1.39. The van der Waals surface area contributed by atoms with Crippen molar-refractivity contribution < 1.29 is 18.8 Å². The Labute approximate surface area is 184 Å². The summed E-state index contributed by atoms with van der Waals surface area (Å²) in [6.45, 7) is 2.45. The number of aromatic nitrogens is 2. The Morgan fingerprint density at radius 1 is 1.23 bits per heavy atom. The molecule has 3 N–H and O–H groups in total. The molecule has 0 spiro atoms. The molecule has 1 fully saturated rings. The number of thiazole rings is 2. The fourth-order valence-electron chi connectivity index (χ4n) is 2.94. The minimum Gasteiger partial charge on any atom is -0.336 e. The first-order valence-electron chi connectivity index (χ1n) is 9.21. The zero-order valence-corrected chi connectivity index (χ0v) is 17.9. The normalized spacial score (nSPS) is 13.2. The molecule has 31 heavy (non-hydrogen) atoms. The molecule has 9 nitrogen and oxygen atoms in total. The van der Waals surface area contributed by atoms with E-state index in [-0.39, 0.29) is 29.8 Å². The summed E-state index contributed by atoms with van der Waals surface area (Å²) >= 11 is 2.47. The highest BCUT2D eigenvalue weighted by molar-refractivity contribution is 7.14. The van der Waals surface area contributed by atoms with Crippen LogP contribution in [0.4, 0.5) is 25.1 Å². The van der Waals surface area contributed by atoms with Crippen molar-refractivity contribution in [2.24, 2.45) is 0 Å². The van der Waals surface area contributed by atoms with Gasteiger partial charge < -0.3 is 16.0 Å². The number of nitrogens with one attached hydrogen (secondary N) is 3. The number of urea groups is 1. The molecule has 1 saturated heterocycles. The molecule has 1 aliphatic heterocycles. The van der Waals surface area contributed by atoms with Crippen LogP contribution < -0.4 is 20.9 Å². The van der Waals surface area contributed by atoms with Gasteiger partial charge in [0.1, 0.15) is 5.82 Å². The second-order valence-electron chi connectivity index (χ2n) is 6.64. The maximum atomic E-state index is 14.4. The smallest absolute Gasteiger partial charge is 0.323 e. The minimum atomic E-state index is -0.532. The Kier molecular flexibility index (Phi) is 5.91. The molecule has 0 aliphatic carbocycles. The topological polar surface area (TPSA) is 116 Å². The van der Waals surface area contributed by atoms with Gasteiger partial charge in [0.25, 0.3) is 0 Å². The predicted molar refractivity (Wildman–Crippen MR) is 117 cm³/mol. The largest absolute Gasteiger partial charge is 0.336 e. The number of rotatable bonds is 6. The molecule has 4 amide bonds. The number of hydrogen-bond acceptors (Lipinski definition) is 7. The predicted octanol–water partition coefficient (Wildman–Crippen LogP) is 3.07. The Hall–Kier alpha value is -3.38. The number of halogens is 1. The van der Waals surface area contributed by atoms with Crippen LogP contribution in [-0.4, -0.2) is 40.9 Å². The summed E-state index contributed by atoms with van der Waals surface area (Å²) in [7, 11) is 0. The molecule has 1 aliphatic rings. The van der Waals surface area contributed by atoms with Crippen molar-refractivity contribution in [2.75, 3.05) is 28.6 Å². The monoisotopic (exact) mass is 460 g/mol. The van der Waals surface area contributed by atoms with E-state index in [0.29, 0.717) is 40.4 Å². The SMILES string of the molecule is CC(=O)Nc1ccc(-c2csc(NC(=O)Cc3csc(N4CCNC4=O)n3)n2)c(F)c1. The highest BCUT2D eigenvalue weighted by atomic mass is 32.1. The molecule has 1 aromatic carbocycles. The van der Waals surface area contributed by atoms with Gasteiger partial charge in [-0.15, -0.1) is 22.7 Å². The number of carbonyl (C=O) groups is 3. The fraction of sp³-hybridized carbons (Fsp3) is 0.211. The van der Waals surface area contributed by atoms with Crippen molar-refractivity contribution in [3.8, 4) is 11.3 Å². The summed E-state index contributed by atoms with van der Waals surface area (Å²) in [6, 6.07) is 4.12. The summed E-state index contributed by atoms with van der Waals surface area (Å²) in [5.74, 6) is -1.14. The van der Waals surface area contributed by atoms with Crippen LogP contribution in [0, 0.1) is 5.82 Å². The van der Waals surface area contributed by atoms with Crippen LogP contribution >= 0.6 is 22.7 Å². The van der Waals surface area contributed by atoms with E-state index in [1.807, 2.05) is 0 Å². The van der Waals surface area contributed by atoms with Gasteiger partial charge in [-0.25, -0.2) is 19.2 Å². The molecule has 0 saturated carbocycles. The van der Waals surface area contributed by atoms with Crippen molar-refractivity contribution in [2.45, 2.75) is 13.3 Å². The number of carbonyl (C=O) groups excluding carboxylic acids is 3. The Bertz CT molecular complexity index is 1160. The van der Waals surface area contributed by atoms with E-state index >= 15 is 0 Å². The standard InChI is InChI=1S/C19H17FN6O3S2/c1-10(27)22-11-2-3-13(14(20)6-11)15-9-30-17(24-15)25-16(28)7-12-8-31-19(23-12)26-5-4-21-18(26)29/h2-3,6,8-9H,4-5,7H2,1H3,(H,21,29)(H,22,27)(H,24,25,28). The molecule has 0 radical (unpaired) electrons. The highest BCUT2D eigenvalue weighted by Crippen LogP contribution is 2.29. The van der Waals surface area contributed by atoms with Gasteiger partial charge in [-0.1, -0.05) is 0 Å². The van der Waals surface area contributed by atoms with Crippen molar-refractivity contribution in [1.82, 2.24) is 15.3 Å². The van der Waals surface area contributed by atoms with E-state index in [9.17, 15) is 18.8 Å². The molecule has 0 unspecified atom stereocenters. The number of benzene rings is 1. The molecule has 3 heterocycles. The Morgan fingerprint density at radius 2 is 2.06 bits per heavy atom. The second kappa shape index (κ2) is 8.78. The van der Waals surface area contributed by atoms with E-state index in [1.165, 1.54) is 46.6 Å². The number of hydrogen-bond donors (Lipinski definition) is 3. The summed E-state index contributed by atoms with van der Waals surface area (Å²) in [6.07, 6.45) is 0.0284. The zero-order valence-electron chi connectivity index (χ0n) is 16.3. The van der Waals surface area contributed by atoms with E-state index < -0.39 is 5.82 Å². The number of anilines is 3. The zero-order chi connectivity index (χ0) is 22.0. The van der Waals surface area contributed by atoms with E-state index in [4.69, 9.17) is 0 Å². The summed E-state index contributed by atoms with van der Waals surface area (Å²) < 4.78 is 14.4. The van der Waals surface area contributed by atoms with Gasteiger partial charge in [0, 0.05) is 42.0 Å². The van der Waals surface area contributed by atoms with Crippen LogP contribution in [0.2, 0.25) is 0 Å². The molecule has 4 rings (SSSR count). The lowest BCUT2D eigenvalue weighted by Crippen LogP contribution is -2.27. The first kappa shape index (κ1) is 20.9. The summed E-state index contributed by atoms with van der Waals surface area (Å²) in [5, 5.41) is 12.2. The van der Waals surface area contributed by atoms with Gasteiger partial charge in [0.05, 0.1) is 17.8 Å². The third-order valence-corrected chi connectivity index (χ3v) is 5.96. The third-order valence-electron chi connectivity index (χ3n) is 4.28. The van der Waals surface area contributed by atoms with Gasteiger partial charge in [0.2, 0.25) is 11.8 Å². The van der Waals surface area contributed by atoms with Crippen molar-refractivity contribution in [3.63, 3.8) is 0 Å². The van der Waals surface area contributed by atoms with Crippen LogP contribution in [-0.2, 0) is 16.0 Å². The molecule has 2 aromatic heterocycles. The van der Waals surface area contributed by atoms with Gasteiger partial charge in [-0.3, -0.25) is 14.5 Å². The first-order chi connectivity index (χ1) is 14.9. The maximum absolute atomic E-state index is 14.4. The lowest BCUT2D eigenvalue weighted by atomic mass is 10.1. The van der Waals surface area contributed by atoms with Crippen molar-refractivity contribution >= 4 is 56.5 Å². The average Bonchev–Trinajstić information content (AvgIpc) is 3.43. The molecule has 12 heteroatoms. The van der Waals surface area contributed by atoms with Gasteiger partial charge >= 0.3 is 6.03 Å². The number of nitrogens with zero attached hydrogens (tertiary/aromatic N) is 3. The van der Waals surface area contributed by atoms with Crippen LogP contribution in [0.1, 0.15) is 12.6 Å². The van der Waals surface area contributed by atoms with Gasteiger partial charge in [-0.05, 0) is 18.2 Å². The van der Waals surface area contributed by atoms with E-state index in [2.05, 4.69) is 25.9 Å². The van der Waals surface area contributed by atoms with Crippen molar-refractivity contribution in [1.29, 1.82) is 0 Å². The molecule has 3 aromatic rings. The van der Waals surface area contributed by atoms with Crippen LogP contribution in [0.25, 0.3) is 11.3 Å². The minimum absolute atomic E-state index is 0.0284. The maximum Gasteiger partial charge on any atom is 0.323 e. The number of amides is 4. The molecule has 0 bridgehead atoms. The second-order valence-corrected chi connectivity index (χ2v) is 8.34. The molecular weight excluding hydrogens is 443 g/mol. The molecular formula is C19H17FN6O3S2. The average molecular weight is 461 g/mol. The third kappa shape index (κ3) is 4.86. The quantitative estimate of drug-likeness (QED) is 0.523. The summed E-state index contributed by atoms with van der Waals surface area (Å²) in [4.78, 5) is 45.3. The first-order valence-corrected chi connectivity index (χ1v) is 11.0. The lowest BCUT2D eigenvalue weighted by Gasteiger charge is -2.08. The highest BCUT2D eigenvalue weighted by Gasteiger charge is 2.24. The van der Waals surface area contributed by atoms with Gasteiger partial charge in [-0.2, -0.15) is 0 Å². The van der Waals surface area contributed by atoms with Gasteiger partial charge in [0.15, 0.2) is 10.3 Å². The lowest BCUT2D eigenvalue weighted by molar-refractivity contribution is -0.116. The van der Waals surface area contributed by atoms with Crippen molar-refractivity contribution in [3.05, 3.63) is 40.5 Å². The van der Waals surface area contributed by atoms with E-state index in [0.717, 1.165) is 0 Å². The van der Waals surface area contributed by atoms with Crippen LogP contribution in [0.15, 0.2) is 29.0 Å². The van der Waals surface area contributed by atoms with Crippen LogP contribution in [0.5, 0.6) is 0 Å². The molecule has 160 valence electrons.